The second-order valence-electron chi connectivity index (χ2n) is 10.4. The van der Waals surface area contributed by atoms with Crippen LogP contribution in [-0.2, 0) is 12.7 Å². The molecule has 0 atom stereocenters. The Morgan fingerprint density at radius 2 is 1.85 bits per heavy atom. The molecule has 1 amide bonds. The number of alkyl halides is 3. The lowest BCUT2D eigenvalue weighted by Gasteiger charge is -2.39. The molecule has 2 aromatic carbocycles. The number of hydrogen-bond donors (Lipinski definition) is 2. The zero-order chi connectivity index (χ0) is 28.7. The van der Waals surface area contributed by atoms with Crippen molar-refractivity contribution in [2.45, 2.75) is 45.5 Å². The highest BCUT2D eigenvalue weighted by Gasteiger charge is 2.36. The molecule has 4 aromatic rings. The van der Waals surface area contributed by atoms with Gasteiger partial charge in [0.2, 0.25) is 5.95 Å². The monoisotopic (exact) mass is 559 g/mol. The van der Waals surface area contributed by atoms with E-state index in [2.05, 4.69) is 30.4 Å². The Balaban J connectivity index is 1.24. The van der Waals surface area contributed by atoms with Gasteiger partial charge in [-0.25, -0.2) is 4.98 Å². The summed E-state index contributed by atoms with van der Waals surface area (Å²) in [4.78, 5) is 31.1. The molecule has 0 radical (unpaired) electrons. The number of nitrogens with one attached hydrogen (secondary N) is 2. The summed E-state index contributed by atoms with van der Waals surface area (Å²) in [7, 11) is 0. The van der Waals surface area contributed by atoms with E-state index in [4.69, 9.17) is 4.98 Å². The Morgan fingerprint density at radius 1 is 1.02 bits per heavy atom. The van der Waals surface area contributed by atoms with Gasteiger partial charge in [-0.05, 0) is 74.7 Å². The van der Waals surface area contributed by atoms with Crippen LogP contribution in [0, 0.1) is 13.8 Å². The molecule has 1 fully saturated rings. The van der Waals surface area contributed by atoms with Gasteiger partial charge < -0.3 is 20.4 Å². The van der Waals surface area contributed by atoms with Gasteiger partial charge in [-0.3, -0.25) is 9.78 Å². The number of aryl methyl sites for hydroxylation is 2. The summed E-state index contributed by atoms with van der Waals surface area (Å²) in [5, 5.41) is 6.04. The number of pyridine rings is 1. The molecule has 41 heavy (non-hydrogen) atoms. The molecule has 3 heterocycles. The summed E-state index contributed by atoms with van der Waals surface area (Å²) in [6.07, 6.45) is 1.21. The number of anilines is 5. The van der Waals surface area contributed by atoms with Crippen LogP contribution in [0.5, 0.6) is 0 Å². The maximum atomic E-state index is 13.1. The van der Waals surface area contributed by atoms with E-state index in [0.29, 0.717) is 30.9 Å². The van der Waals surface area contributed by atoms with Gasteiger partial charge in [0.25, 0.3) is 5.91 Å². The van der Waals surface area contributed by atoms with Crippen molar-refractivity contribution >= 4 is 34.7 Å². The number of carbonyl (C=O) groups excluding carboxylic acids is 1. The van der Waals surface area contributed by atoms with Gasteiger partial charge in [-0.15, -0.1) is 0 Å². The van der Waals surface area contributed by atoms with E-state index in [-0.39, 0.29) is 5.56 Å². The average Bonchev–Trinajstić information content (AvgIpc) is 3.80. The van der Waals surface area contributed by atoms with Gasteiger partial charge in [-0.1, -0.05) is 12.1 Å². The highest BCUT2D eigenvalue weighted by Crippen LogP contribution is 2.39. The quantitative estimate of drug-likeness (QED) is 0.281. The van der Waals surface area contributed by atoms with E-state index in [1.54, 1.807) is 12.3 Å². The van der Waals surface area contributed by atoms with Crippen molar-refractivity contribution in [3.63, 3.8) is 0 Å². The maximum absolute atomic E-state index is 13.1. The normalized spacial score (nSPS) is 15.0. The Kier molecular flexibility index (Phi) is 6.72. The first-order chi connectivity index (χ1) is 19.7. The lowest BCUT2D eigenvalue weighted by Crippen LogP contribution is -2.44. The maximum Gasteiger partial charge on any atom is 0.416 e. The third kappa shape index (κ3) is 5.65. The van der Waals surface area contributed by atoms with E-state index >= 15 is 0 Å². The summed E-state index contributed by atoms with van der Waals surface area (Å²) in [6.45, 7) is 5.08. The number of aromatic nitrogens is 3. The first-order valence-electron chi connectivity index (χ1n) is 13.3. The van der Waals surface area contributed by atoms with Crippen molar-refractivity contribution in [2.75, 3.05) is 27.1 Å². The van der Waals surface area contributed by atoms with E-state index in [1.807, 2.05) is 44.3 Å². The number of nitrogens with zero attached hydrogens (tertiary/aromatic N) is 5. The highest BCUT2D eigenvalue weighted by molar-refractivity contribution is 6.04. The van der Waals surface area contributed by atoms with Crippen LogP contribution < -0.4 is 20.4 Å². The molecule has 2 aliphatic rings. The van der Waals surface area contributed by atoms with E-state index in [1.165, 1.54) is 12.1 Å². The molecule has 0 bridgehead atoms. The summed E-state index contributed by atoms with van der Waals surface area (Å²) in [5.74, 6) is 0.802. The van der Waals surface area contributed by atoms with Crippen molar-refractivity contribution in [3.05, 3.63) is 94.9 Å². The van der Waals surface area contributed by atoms with Crippen LogP contribution in [0.4, 0.5) is 42.0 Å². The van der Waals surface area contributed by atoms with Crippen LogP contribution in [0.1, 0.15) is 45.6 Å². The Bertz CT molecular complexity index is 1620. The summed E-state index contributed by atoms with van der Waals surface area (Å²) >= 11 is 0. The summed E-state index contributed by atoms with van der Waals surface area (Å²) in [6, 6.07) is 14.1. The Hall–Kier alpha value is -4.67. The third-order valence-electron chi connectivity index (χ3n) is 7.30. The number of hydrogen-bond acceptors (Lipinski definition) is 7. The summed E-state index contributed by atoms with van der Waals surface area (Å²) in [5.41, 5.74) is 4.18. The fraction of sp³-hybridized carbons (Fsp3) is 0.267. The van der Waals surface area contributed by atoms with Crippen LogP contribution in [0.2, 0.25) is 0 Å². The van der Waals surface area contributed by atoms with Gasteiger partial charge in [0, 0.05) is 47.5 Å². The molecule has 11 heteroatoms. The first-order valence-corrected chi connectivity index (χ1v) is 13.3. The molecule has 2 N–H and O–H groups in total. The molecule has 0 unspecified atom stereocenters. The molecule has 8 nitrogen and oxygen atoms in total. The summed E-state index contributed by atoms with van der Waals surface area (Å²) < 4.78 is 39.4. The molecule has 1 aliphatic carbocycles. The topological polar surface area (TPSA) is 86.3 Å². The molecule has 1 aliphatic heterocycles. The second kappa shape index (κ2) is 10.4. The minimum atomic E-state index is -4.52. The second-order valence-corrected chi connectivity index (χ2v) is 10.4. The SMILES string of the molecule is Cc1ccc(NC(=O)c2cccc(C(F)(F)F)c2)cc1N1Cc2cnc(Nc3cccnc3C)nc2N(C2CC2)C1. The van der Waals surface area contributed by atoms with Gasteiger partial charge >= 0.3 is 6.18 Å². The molecule has 210 valence electrons. The first kappa shape index (κ1) is 26.5. The fourth-order valence-electron chi connectivity index (χ4n) is 4.97. The highest BCUT2D eigenvalue weighted by atomic mass is 19.4. The minimum absolute atomic E-state index is 0.0585. The lowest BCUT2D eigenvalue weighted by atomic mass is 10.1. The molecule has 2 aromatic heterocycles. The number of amides is 1. The van der Waals surface area contributed by atoms with Gasteiger partial charge in [0.1, 0.15) is 5.82 Å². The molecule has 1 saturated carbocycles. The zero-order valence-electron chi connectivity index (χ0n) is 22.5. The van der Waals surface area contributed by atoms with Gasteiger partial charge in [0.05, 0.1) is 23.6 Å². The van der Waals surface area contributed by atoms with Crippen LogP contribution >= 0.6 is 0 Å². The minimum Gasteiger partial charge on any atom is -0.349 e. The number of benzene rings is 2. The number of carbonyl (C=O) groups is 1. The predicted molar refractivity (Wildman–Crippen MR) is 151 cm³/mol. The number of halogens is 3. The van der Waals surface area contributed by atoms with E-state index in [9.17, 15) is 18.0 Å². The number of rotatable bonds is 6. The number of fused-ring (bicyclic) bond motifs is 1. The zero-order valence-corrected chi connectivity index (χ0v) is 22.5. The lowest BCUT2D eigenvalue weighted by molar-refractivity contribution is -0.137. The van der Waals surface area contributed by atoms with E-state index in [0.717, 1.165) is 59.0 Å². The van der Waals surface area contributed by atoms with Crippen molar-refractivity contribution < 1.29 is 18.0 Å². The standard InChI is InChI=1S/C30H28F3N7O/c1-18-8-9-23(36-28(41)20-5-3-6-22(13-20)30(31,32)33)14-26(18)39-16-21-15-35-29(37-25-7-4-12-34-19(25)2)38-27(21)40(17-39)24-10-11-24/h3-9,12-15,24H,10-11,16-17H2,1-2H3,(H,36,41)(H,35,37,38). The van der Waals surface area contributed by atoms with Crippen molar-refractivity contribution in [1.29, 1.82) is 0 Å². The van der Waals surface area contributed by atoms with Gasteiger partial charge in [-0.2, -0.15) is 18.2 Å². The van der Waals surface area contributed by atoms with Gasteiger partial charge in [0.15, 0.2) is 0 Å². The molecular weight excluding hydrogens is 531 g/mol. The largest absolute Gasteiger partial charge is 0.416 e. The third-order valence-corrected chi connectivity index (χ3v) is 7.30. The van der Waals surface area contributed by atoms with Crippen molar-refractivity contribution in [1.82, 2.24) is 15.0 Å². The fourth-order valence-corrected chi connectivity index (χ4v) is 4.97. The van der Waals surface area contributed by atoms with Crippen LogP contribution in [0.15, 0.2) is 67.0 Å². The van der Waals surface area contributed by atoms with Crippen molar-refractivity contribution in [2.24, 2.45) is 0 Å². The molecule has 6 rings (SSSR count). The van der Waals surface area contributed by atoms with Crippen LogP contribution in [0.25, 0.3) is 0 Å². The molecule has 0 saturated heterocycles. The Morgan fingerprint density at radius 3 is 2.61 bits per heavy atom. The van der Waals surface area contributed by atoms with Crippen molar-refractivity contribution in [3.8, 4) is 0 Å². The smallest absolute Gasteiger partial charge is 0.349 e. The molecular formula is C30H28F3N7O. The predicted octanol–water partition coefficient (Wildman–Crippen LogP) is 6.45. The van der Waals surface area contributed by atoms with E-state index < -0.39 is 17.6 Å². The average molecular weight is 560 g/mol. The Labute approximate surface area is 235 Å². The molecule has 0 spiro atoms. The van der Waals surface area contributed by atoms with Crippen LogP contribution in [-0.4, -0.2) is 33.6 Å². The van der Waals surface area contributed by atoms with Crippen LogP contribution in [0.3, 0.4) is 0 Å².